The van der Waals surface area contributed by atoms with Gasteiger partial charge in [-0.3, -0.25) is 0 Å². The van der Waals surface area contributed by atoms with E-state index in [0.717, 1.165) is 23.3 Å². The molecule has 1 rings (SSSR count). The van der Waals surface area contributed by atoms with Gasteiger partial charge in [0.15, 0.2) is 0 Å². The van der Waals surface area contributed by atoms with E-state index in [1.54, 1.807) is 7.11 Å². The van der Waals surface area contributed by atoms with Crippen LogP contribution in [-0.2, 0) is 4.74 Å². The molecule has 0 fully saturated rings. The molecule has 3 nitrogen and oxygen atoms in total. The average Bonchev–Trinajstić information content (AvgIpc) is 2.18. The van der Waals surface area contributed by atoms with Crippen LogP contribution >= 0.6 is 15.9 Å². The molecule has 0 saturated heterocycles. The highest BCUT2D eigenvalue weighted by Gasteiger charge is 2.07. The van der Waals surface area contributed by atoms with Crippen LogP contribution in [0, 0.1) is 0 Å². The zero-order chi connectivity index (χ0) is 11.1. The minimum atomic E-state index is 0.335. The highest BCUT2D eigenvalue weighted by Crippen LogP contribution is 2.12. The van der Waals surface area contributed by atoms with E-state index in [0.29, 0.717) is 12.6 Å². The number of rotatable bonds is 6. The predicted molar refractivity (Wildman–Crippen MR) is 66.1 cm³/mol. The first-order valence-corrected chi connectivity index (χ1v) is 5.93. The fourth-order valence-electron chi connectivity index (χ4n) is 1.44. The first kappa shape index (κ1) is 12.5. The largest absolute Gasteiger partial charge is 0.383 e. The quantitative estimate of drug-likeness (QED) is 0.809. The van der Waals surface area contributed by atoms with E-state index in [9.17, 15) is 0 Å². The summed E-state index contributed by atoms with van der Waals surface area (Å²) in [5.41, 5.74) is 0. The Morgan fingerprint density at radius 2 is 2.33 bits per heavy atom. The van der Waals surface area contributed by atoms with Crippen LogP contribution < -0.4 is 5.32 Å². The normalized spacial score (nSPS) is 12.5. The summed E-state index contributed by atoms with van der Waals surface area (Å²) in [4.78, 5) is 4.33. The standard InChI is InChI=1S/C11H17BrN2O/c1-3-5-9(8-15-2)13-11-7-4-6-10(12)14-11/h4,6-7,9H,3,5,8H2,1-2H3,(H,13,14). The van der Waals surface area contributed by atoms with Gasteiger partial charge in [-0.1, -0.05) is 19.4 Å². The van der Waals surface area contributed by atoms with E-state index >= 15 is 0 Å². The molecular weight excluding hydrogens is 256 g/mol. The molecular formula is C11H17BrN2O. The molecule has 15 heavy (non-hydrogen) atoms. The fourth-order valence-corrected chi connectivity index (χ4v) is 1.79. The van der Waals surface area contributed by atoms with Crippen LogP contribution in [0.25, 0.3) is 0 Å². The van der Waals surface area contributed by atoms with Gasteiger partial charge in [0.2, 0.25) is 0 Å². The molecule has 0 amide bonds. The number of pyridine rings is 1. The van der Waals surface area contributed by atoms with Crippen LogP contribution in [-0.4, -0.2) is 24.7 Å². The summed E-state index contributed by atoms with van der Waals surface area (Å²) in [7, 11) is 1.72. The third-order valence-electron chi connectivity index (χ3n) is 2.07. The first-order chi connectivity index (χ1) is 7.26. The van der Waals surface area contributed by atoms with Crippen molar-refractivity contribution in [2.45, 2.75) is 25.8 Å². The molecule has 1 aromatic rings. The molecule has 0 radical (unpaired) electrons. The van der Waals surface area contributed by atoms with Gasteiger partial charge in [-0.2, -0.15) is 0 Å². The molecule has 0 aliphatic carbocycles. The number of anilines is 1. The Kier molecular flexibility index (Phi) is 5.65. The molecule has 0 aromatic carbocycles. The van der Waals surface area contributed by atoms with Gasteiger partial charge in [0, 0.05) is 7.11 Å². The van der Waals surface area contributed by atoms with Gasteiger partial charge in [0.1, 0.15) is 10.4 Å². The molecule has 0 spiro atoms. The molecule has 1 aromatic heterocycles. The third kappa shape index (κ3) is 4.62. The molecule has 1 unspecified atom stereocenters. The Bertz CT molecular complexity index is 288. The Morgan fingerprint density at radius 1 is 1.53 bits per heavy atom. The molecule has 1 heterocycles. The zero-order valence-corrected chi connectivity index (χ0v) is 10.8. The van der Waals surface area contributed by atoms with E-state index < -0.39 is 0 Å². The average molecular weight is 273 g/mol. The van der Waals surface area contributed by atoms with Crippen LogP contribution in [0.2, 0.25) is 0 Å². The second-order valence-corrected chi connectivity index (χ2v) is 4.24. The van der Waals surface area contributed by atoms with Crippen LogP contribution in [0.4, 0.5) is 5.82 Å². The van der Waals surface area contributed by atoms with Crippen molar-refractivity contribution in [1.29, 1.82) is 0 Å². The Balaban J connectivity index is 2.56. The van der Waals surface area contributed by atoms with Crippen molar-refractivity contribution in [3.05, 3.63) is 22.8 Å². The number of nitrogens with one attached hydrogen (secondary N) is 1. The van der Waals surface area contributed by atoms with Gasteiger partial charge in [0.05, 0.1) is 12.6 Å². The lowest BCUT2D eigenvalue weighted by Gasteiger charge is -2.17. The highest BCUT2D eigenvalue weighted by molar-refractivity contribution is 9.10. The van der Waals surface area contributed by atoms with Gasteiger partial charge >= 0.3 is 0 Å². The van der Waals surface area contributed by atoms with Gasteiger partial charge in [-0.05, 0) is 34.5 Å². The zero-order valence-electron chi connectivity index (χ0n) is 9.16. The molecule has 1 N–H and O–H groups in total. The lowest BCUT2D eigenvalue weighted by molar-refractivity contribution is 0.182. The molecule has 84 valence electrons. The first-order valence-electron chi connectivity index (χ1n) is 5.14. The maximum absolute atomic E-state index is 5.16. The third-order valence-corrected chi connectivity index (χ3v) is 2.51. The van der Waals surface area contributed by atoms with Crippen LogP contribution in [0.5, 0.6) is 0 Å². The van der Waals surface area contributed by atoms with Gasteiger partial charge in [-0.25, -0.2) is 4.98 Å². The maximum atomic E-state index is 5.16. The Morgan fingerprint density at radius 3 is 2.93 bits per heavy atom. The van der Waals surface area contributed by atoms with Gasteiger partial charge < -0.3 is 10.1 Å². The van der Waals surface area contributed by atoms with E-state index in [1.807, 2.05) is 18.2 Å². The highest BCUT2D eigenvalue weighted by atomic mass is 79.9. The number of hydrogen-bond donors (Lipinski definition) is 1. The topological polar surface area (TPSA) is 34.1 Å². The lowest BCUT2D eigenvalue weighted by atomic mass is 10.2. The Hall–Kier alpha value is -0.610. The van der Waals surface area contributed by atoms with Gasteiger partial charge in [0.25, 0.3) is 0 Å². The number of nitrogens with zero attached hydrogens (tertiary/aromatic N) is 1. The smallest absolute Gasteiger partial charge is 0.127 e. The lowest BCUT2D eigenvalue weighted by Crippen LogP contribution is -2.25. The van der Waals surface area contributed by atoms with E-state index in [4.69, 9.17) is 4.74 Å². The molecule has 0 aliphatic heterocycles. The summed E-state index contributed by atoms with van der Waals surface area (Å²) in [6, 6.07) is 6.18. The Labute approximate surface area is 99.4 Å². The predicted octanol–water partition coefficient (Wildman–Crippen LogP) is 3.07. The van der Waals surface area contributed by atoms with Crippen LogP contribution in [0.1, 0.15) is 19.8 Å². The number of aromatic nitrogens is 1. The monoisotopic (exact) mass is 272 g/mol. The van der Waals surface area contributed by atoms with Crippen LogP contribution in [0.15, 0.2) is 22.8 Å². The minimum absolute atomic E-state index is 0.335. The van der Waals surface area contributed by atoms with Crippen molar-refractivity contribution in [1.82, 2.24) is 4.98 Å². The van der Waals surface area contributed by atoms with E-state index in [2.05, 4.69) is 33.2 Å². The summed E-state index contributed by atoms with van der Waals surface area (Å²) in [5, 5.41) is 3.36. The second kappa shape index (κ2) is 6.80. The minimum Gasteiger partial charge on any atom is -0.383 e. The van der Waals surface area contributed by atoms with Crippen molar-refractivity contribution >= 4 is 21.7 Å². The molecule has 4 heteroatoms. The molecule has 0 bridgehead atoms. The molecule has 0 aliphatic rings. The SMILES string of the molecule is CCCC(COC)Nc1cccc(Br)n1. The summed E-state index contributed by atoms with van der Waals surface area (Å²) in [5.74, 6) is 0.889. The summed E-state index contributed by atoms with van der Waals surface area (Å²) in [6.45, 7) is 2.88. The maximum Gasteiger partial charge on any atom is 0.127 e. The molecule has 0 saturated carbocycles. The molecule has 1 atom stereocenters. The van der Waals surface area contributed by atoms with E-state index in [-0.39, 0.29) is 0 Å². The van der Waals surface area contributed by atoms with Gasteiger partial charge in [-0.15, -0.1) is 0 Å². The number of halogens is 1. The van der Waals surface area contributed by atoms with Crippen molar-refractivity contribution in [2.75, 3.05) is 19.0 Å². The number of methoxy groups -OCH3 is 1. The summed E-state index contributed by atoms with van der Waals surface area (Å²) in [6.07, 6.45) is 2.22. The fraction of sp³-hybridized carbons (Fsp3) is 0.545. The van der Waals surface area contributed by atoms with Crippen molar-refractivity contribution in [2.24, 2.45) is 0 Å². The summed E-state index contributed by atoms with van der Waals surface area (Å²) >= 11 is 3.35. The summed E-state index contributed by atoms with van der Waals surface area (Å²) < 4.78 is 6.00. The van der Waals surface area contributed by atoms with Crippen molar-refractivity contribution in [3.8, 4) is 0 Å². The van der Waals surface area contributed by atoms with E-state index in [1.165, 1.54) is 0 Å². The number of ether oxygens (including phenoxy) is 1. The second-order valence-electron chi connectivity index (χ2n) is 3.43. The van der Waals surface area contributed by atoms with Crippen molar-refractivity contribution in [3.63, 3.8) is 0 Å². The number of hydrogen-bond acceptors (Lipinski definition) is 3. The van der Waals surface area contributed by atoms with Crippen LogP contribution in [0.3, 0.4) is 0 Å². The van der Waals surface area contributed by atoms with Crippen molar-refractivity contribution < 1.29 is 4.74 Å².